The molecule has 0 unspecified atom stereocenters. The van der Waals surface area contributed by atoms with Gasteiger partial charge in [-0.1, -0.05) is 67.1 Å². The van der Waals surface area contributed by atoms with Crippen LogP contribution in [0.25, 0.3) is 17.0 Å². The number of imidazole rings is 2. The van der Waals surface area contributed by atoms with Crippen molar-refractivity contribution in [2.75, 3.05) is 43.6 Å². The molecular formula is C48H52Cl2N10O6. The molecule has 5 aromatic heterocycles. The molecule has 16 nitrogen and oxygen atoms in total. The number of amides is 4. The zero-order chi connectivity index (χ0) is 47.7. The van der Waals surface area contributed by atoms with Crippen molar-refractivity contribution in [1.82, 2.24) is 38.7 Å². The van der Waals surface area contributed by atoms with Crippen LogP contribution in [0, 0.1) is 17.8 Å². The van der Waals surface area contributed by atoms with E-state index in [0.29, 0.717) is 58.1 Å². The molecule has 0 saturated carbocycles. The fourth-order valence-electron chi connectivity index (χ4n) is 7.61. The number of carbonyl (C=O) groups excluding carboxylic acids is 4. The maximum atomic E-state index is 13.2. The molecule has 66 heavy (non-hydrogen) atoms. The number of nitrogens with zero attached hydrogens (tertiary/aromatic N) is 9. The Morgan fingerprint density at radius 3 is 2.27 bits per heavy atom. The fourth-order valence-corrected chi connectivity index (χ4v) is 8.00. The van der Waals surface area contributed by atoms with Gasteiger partial charge in [0.05, 0.1) is 41.7 Å². The number of benzene rings is 1. The summed E-state index contributed by atoms with van der Waals surface area (Å²) in [5, 5.41) is 3.49. The van der Waals surface area contributed by atoms with Gasteiger partial charge in [0, 0.05) is 61.1 Å². The minimum atomic E-state index is -0.411. The number of imide groups is 1. The second-order valence-corrected chi connectivity index (χ2v) is 16.5. The van der Waals surface area contributed by atoms with Crippen LogP contribution < -0.4 is 25.4 Å². The van der Waals surface area contributed by atoms with E-state index in [2.05, 4.69) is 44.1 Å². The van der Waals surface area contributed by atoms with Crippen molar-refractivity contribution in [3.63, 3.8) is 0 Å². The maximum Gasteiger partial charge on any atom is 0.329 e. The number of rotatable bonds is 6. The van der Waals surface area contributed by atoms with Crippen LogP contribution in [0.15, 0.2) is 84.2 Å². The monoisotopic (exact) mass is 934 g/mol. The minimum Gasteiger partial charge on any atom is -0.480 e. The average molecular weight is 936 g/mol. The van der Waals surface area contributed by atoms with Crippen molar-refractivity contribution in [1.29, 1.82) is 0 Å². The third-order valence-electron chi connectivity index (χ3n) is 10.9. The number of likely N-dealkylation sites (tertiary alicyclic amines) is 1. The van der Waals surface area contributed by atoms with Crippen molar-refractivity contribution in [3.05, 3.63) is 122 Å². The zero-order valence-electron chi connectivity index (χ0n) is 37.9. The van der Waals surface area contributed by atoms with Crippen molar-refractivity contribution in [2.24, 2.45) is 13.0 Å². The van der Waals surface area contributed by atoms with E-state index in [1.165, 1.54) is 39.9 Å². The molecule has 2 fully saturated rings. The van der Waals surface area contributed by atoms with Crippen molar-refractivity contribution < 1.29 is 23.9 Å². The van der Waals surface area contributed by atoms with Gasteiger partial charge in [0.2, 0.25) is 11.8 Å². The first-order valence-corrected chi connectivity index (χ1v) is 22.3. The Kier molecular flexibility index (Phi) is 16.2. The highest BCUT2D eigenvalue weighted by molar-refractivity contribution is 6.31. The highest BCUT2D eigenvalue weighted by Gasteiger charge is 2.38. The molecule has 9 rings (SSSR count). The summed E-state index contributed by atoms with van der Waals surface area (Å²) in [7, 11) is 5.20. The van der Waals surface area contributed by atoms with Gasteiger partial charge in [-0.25, -0.2) is 19.7 Å². The molecule has 0 aliphatic carbocycles. The fraction of sp³-hybridized carbons (Fsp3) is 0.333. The van der Waals surface area contributed by atoms with E-state index in [4.69, 9.17) is 27.9 Å². The highest BCUT2D eigenvalue weighted by atomic mass is 35.5. The van der Waals surface area contributed by atoms with Gasteiger partial charge in [-0.2, -0.15) is 0 Å². The van der Waals surface area contributed by atoms with Gasteiger partial charge in [0.15, 0.2) is 17.6 Å². The Balaban J connectivity index is 0.000000186. The molecule has 0 radical (unpaired) electrons. The van der Waals surface area contributed by atoms with Gasteiger partial charge >= 0.3 is 6.03 Å². The smallest absolute Gasteiger partial charge is 0.329 e. The Bertz CT molecular complexity index is 2860. The molecule has 0 bridgehead atoms. The predicted octanol–water partition coefficient (Wildman–Crippen LogP) is 7.70. The number of urea groups is 1. The first-order valence-electron chi connectivity index (χ1n) is 21.5. The molecule has 0 atom stereocenters. The molecule has 8 heterocycles. The lowest BCUT2D eigenvalue weighted by Gasteiger charge is -2.25. The summed E-state index contributed by atoms with van der Waals surface area (Å²) < 4.78 is 10.5. The lowest BCUT2D eigenvalue weighted by atomic mass is 9.97. The molecular weight excluding hydrogens is 883 g/mol. The van der Waals surface area contributed by atoms with E-state index in [1.807, 2.05) is 85.3 Å². The number of anilines is 2. The van der Waals surface area contributed by atoms with Crippen LogP contribution in [0.4, 0.5) is 16.3 Å². The van der Waals surface area contributed by atoms with Crippen LogP contribution >= 0.6 is 23.2 Å². The quantitative estimate of drug-likeness (QED) is 0.129. The molecule has 6 aromatic rings. The Morgan fingerprint density at radius 2 is 1.64 bits per heavy atom. The summed E-state index contributed by atoms with van der Waals surface area (Å²) in [6, 6.07) is 15.9. The van der Waals surface area contributed by atoms with E-state index in [9.17, 15) is 24.0 Å². The number of piperidine rings is 1. The highest BCUT2D eigenvalue weighted by Crippen LogP contribution is 2.37. The minimum absolute atomic E-state index is 0.0641. The summed E-state index contributed by atoms with van der Waals surface area (Å²) >= 11 is 11.7. The number of aromatic nitrogens is 6. The van der Waals surface area contributed by atoms with Crippen LogP contribution in [-0.2, 0) is 18.4 Å². The van der Waals surface area contributed by atoms with E-state index >= 15 is 0 Å². The topological polar surface area (TPSA) is 169 Å². The number of nitrogens with one attached hydrogen (secondary N) is 1. The molecule has 344 valence electrons. The van der Waals surface area contributed by atoms with Gasteiger partial charge in [-0.3, -0.25) is 38.7 Å². The van der Waals surface area contributed by atoms with Crippen LogP contribution in [-0.4, -0.2) is 91.3 Å². The van der Waals surface area contributed by atoms with Gasteiger partial charge < -0.3 is 18.8 Å². The summed E-state index contributed by atoms with van der Waals surface area (Å²) in [5.41, 5.74) is 3.22. The molecule has 18 heteroatoms. The second kappa shape index (κ2) is 21.9. The number of carbonyl (C=O) groups is 4. The predicted molar refractivity (Wildman–Crippen MR) is 256 cm³/mol. The van der Waals surface area contributed by atoms with Gasteiger partial charge in [0.25, 0.3) is 11.5 Å². The van der Waals surface area contributed by atoms with Crippen molar-refractivity contribution in [2.45, 2.75) is 59.5 Å². The largest absolute Gasteiger partial charge is 0.480 e. The molecule has 3 aliphatic heterocycles. The number of methoxy groups -OCH3 is 1. The van der Waals surface area contributed by atoms with Gasteiger partial charge in [0.1, 0.15) is 17.3 Å². The van der Waals surface area contributed by atoms with Crippen LogP contribution in [0.2, 0.25) is 10.0 Å². The molecule has 1 aromatic carbocycles. The lowest BCUT2D eigenvalue weighted by Crippen LogP contribution is -2.50. The average Bonchev–Trinajstić information content (AvgIpc) is 4.01. The van der Waals surface area contributed by atoms with E-state index in [0.717, 1.165) is 42.2 Å². The Hall–Kier alpha value is -6.80. The maximum absolute atomic E-state index is 13.2. The molecule has 3 aliphatic rings. The number of halogens is 2. The summed E-state index contributed by atoms with van der Waals surface area (Å²) in [6.45, 7) is 10.6. The van der Waals surface area contributed by atoms with E-state index < -0.39 is 11.9 Å². The standard InChI is InChI=1S/C21H20ClN5O4.C19H21N5O2.C6H5Cl.C2H6/c1-11(2)27-16-9-26(15-6-13(22)8-25(3)20(15)29)21(30)17(16)24-18(27)14-5-12(10-28)7-23-19(14)31-4;1-22-10-6-14(7-11-22)4-5-15-3-2-9-23-17(13-20-18(15)23)24-12-8-16(25)21-19(24)26;7-6-4-2-1-3-5-6;1-2/h5-8,10-11H,9H2,1-4H3;2-3,9,13-14H,6-8,10-12H2,1H3,(H,21,25,26);1-5H;1-2H3. The van der Waals surface area contributed by atoms with Gasteiger partial charge in [-0.05, 0) is 83.2 Å². The number of hydrogen-bond acceptors (Lipinski definition) is 10. The first kappa shape index (κ1) is 48.7. The molecule has 4 amide bonds. The summed E-state index contributed by atoms with van der Waals surface area (Å²) in [5.74, 6) is 7.86. The molecule has 2 saturated heterocycles. The van der Waals surface area contributed by atoms with Crippen molar-refractivity contribution >= 4 is 64.5 Å². The third kappa shape index (κ3) is 10.8. The van der Waals surface area contributed by atoms with Crippen LogP contribution in [0.3, 0.4) is 0 Å². The molecule has 0 spiro atoms. The zero-order valence-corrected chi connectivity index (χ0v) is 39.4. The normalized spacial score (nSPS) is 14.8. The van der Waals surface area contributed by atoms with Gasteiger partial charge in [-0.15, -0.1) is 0 Å². The summed E-state index contributed by atoms with van der Waals surface area (Å²) in [6.07, 6.45) is 9.58. The molecule has 1 N–H and O–H groups in total. The number of fused-ring (bicyclic) bond motifs is 2. The van der Waals surface area contributed by atoms with E-state index in [1.54, 1.807) is 19.3 Å². The SMILES string of the molecule is CC.CN1CCC(C#Cc2cccn3c(N4CCC(=O)NC4=O)cnc23)CC1.COc1ncc(C=O)cc1-c1nc2c(n1C(C)C)CN(c1cc(Cl)cn(C)c1=O)C2=O.Clc1ccccc1. The number of aldehydes is 1. The number of aryl methyl sites for hydroxylation is 1. The summed E-state index contributed by atoms with van der Waals surface area (Å²) in [4.78, 5) is 79.1. The second-order valence-electron chi connectivity index (χ2n) is 15.6. The Morgan fingerprint density at radius 1 is 0.909 bits per heavy atom. The number of hydrogen-bond donors (Lipinski definition) is 1. The van der Waals surface area contributed by atoms with E-state index in [-0.39, 0.29) is 41.9 Å². The van der Waals surface area contributed by atoms with Crippen molar-refractivity contribution in [3.8, 4) is 29.1 Å². The lowest BCUT2D eigenvalue weighted by molar-refractivity contribution is -0.120. The van der Waals surface area contributed by atoms with Crippen LogP contribution in [0.1, 0.15) is 85.1 Å². The number of ether oxygens (including phenoxy) is 1. The Labute approximate surface area is 393 Å². The number of pyridine rings is 3. The first-order chi connectivity index (χ1) is 31.8. The third-order valence-corrected chi connectivity index (χ3v) is 11.3. The van der Waals surface area contributed by atoms with Crippen LogP contribution in [0.5, 0.6) is 5.88 Å².